The zero-order valence-corrected chi connectivity index (χ0v) is 19.2. The predicted molar refractivity (Wildman–Crippen MR) is 122 cm³/mol. The number of para-hydroxylation sites is 1. The van der Waals surface area contributed by atoms with E-state index in [9.17, 15) is 24.3 Å². The van der Waals surface area contributed by atoms with Gasteiger partial charge in [0.25, 0.3) is 5.91 Å². The first-order chi connectivity index (χ1) is 16.3. The molecule has 0 radical (unpaired) electrons. The molecule has 0 aliphatic carbocycles. The molecule has 0 spiro atoms. The monoisotopic (exact) mass is 504 g/mol. The Morgan fingerprint density at radius 2 is 2.06 bits per heavy atom. The number of rotatable bonds is 9. The van der Waals surface area contributed by atoms with Crippen molar-refractivity contribution in [1.82, 2.24) is 30.4 Å². The Labute approximate surface area is 201 Å². The highest BCUT2D eigenvalue weighted by Crippen LogP contribution is 2.41. The maximum Gasteiger partial charge on any atom is 0.352 e. The summed E-state index contributed by atoms with van der Waals surface area (Å²) in [6, 6.07) is 6.12. The lowest BCUT2D eigenvalue weighted by atomic mass is 10.0. The van der Waals surface area contributed by atoms with Crippen molar-refractivity contribution in [3.05, 3.63) is 41.1 Å². The Morgan fingerprint density at radius 3 is 2.76 bits per heavy atom. The SMILES string of the molecule is NC(=O)Cn1nnnc1SCC1=C(C(=O)O)N2C(=O)C(NC(=O)Cc3ccccc3N)[C@H]2SC1. The van der Waals surface area contributed by atoms with Crippen LogP contribution in [-0.4, -0.2) is 76.8 Å². The average molecular weight is 505 g/mol. The molecular weight excluding hydrogens is 484 g/mol. The summed E-state index contributed by atoms with van der Waals surface area (Å²) in [4.78, 5) is 49.6. The van der Waals surface area contributed by atoms with Crippen LogP contribution in [-0.2, 0) is 32.1 Å². The molecule has 34 heavy (non-hydrogen) atoms. The molecule has 1 aromatic carbocycles. The first-order valence-corrected chi connectivity index (χ1v) is 12.0. The second-order valence-electron chi connectivity index (χ2n) is 7.46. The van der Waals surface area contributed by atoms with Crippen molar-refractivity contribution in [1.29, 1.82) is 0 Å². The number of carbonyl (C=O) groups excluding carboxylic acids is 3. The van der Waals surface area contributed by atoms with Crippen molar-refractivity contribution in [2.24, 2.45) is 5.73 Å². The molecular formula is C19H20N8O5S2. The van der Waals surface area contributed by atoms with E-state index in [0.29, 0.717) is 27.7 Å². The molecule has 2 aliphatic rings. The first kappa shape index (κ1) is 23.6. The van der Waals surface area contributed by atoms with Crippen molar-refractivity contribution >= 4 is 52.9 Å². The number of nitrogens with one attached hydrogen (secondary N) is 1. The van der Waals surface area contributed by atoms with Crippen molar-refractivity contribution in [3.8, 4) is 0 Å². The van der Waals surface area contributed by atoms with E-state index in [-0.39, 0.29) is 30.3 Å². The number of benzene rings is 1. The number of nitrogen functional groups attached to an aromatic ring is 1. The van der Waals surface area contributed by atoms with E-state index in [2.05, 4.69) is 20.8 Å². The molecule has 1 aromatic heterocycles. The summed E-state index contributed by atoms with van der Waals surface area (Å²) < 4.78 is 1.21. The Bertz CT molecular complexity index is 1200. The minimum absolute atomic E-state index is 0.0113. The number of carboxylic acid groups (broad SMARTS) is 1. The molecule has 3 heterocycles. The number of nitrogens with zero attached hydrogens (tertiary/aromatic N) is 5. The smallest absolute Gasteiger partial charge is 0.352 e. The highest BCUT2D eigenvalue weighted by atomic mass is 32.2. The average Bonchev–Trinajstić information content (AvgIpc) is 3.22. The van der Waals surface area contributed by atoms with Crippen LogP contribution in [0.5, 0.6) is 0 Å². The van der Waals surface area contributed by atoms with Crippen LogP contribution < -0.4 is 16.8 Å². The number of thioether (sulfide) groups is 2. The van der Waals surface area contributed by atoms with E-state index in [1.165, 1.54) is 21.3 Å². The van der Waals surface area contributed by atoms with Crippen LogP contribution >= 0.6 is 23.5 Å². The number of primary amides is 1. The van der Waals surface area contributed by atoms with Gasteiger partial charge in [-0.1, -0.05) is 30.0 Å². The lowest BCUT2D eigenvalue weighted by Gasteiger charge is -2.49. The Hall–Kier alpha value is -3.59. The van der Waals surface area contributed by atoms with Gasteiger partial charge in [0.1, 0.15) is 23.7 Å². The maximum absolute atomic E-state index is 12.8. The Balaban J connectivity index is 1.43. The molecule has 13 nitrogen and oxygen atoms in total. The van der Waals surface area contributed by atoms with Crippen LogP contribution in [0.4, 0.5) is 5.69 Å². The van der Waals surface area contributed by atoms with Crippen LogP contribution in [0.25, 0.3) is 0 Å². The quantitative estimate of drug-likeness (QED) is 0.182. The number of tetrazole rings is 1. The summed E-state index contributed by atoms with van der Waals surface area (Å²) >= 11 is 2.49. The fourth-order valence-electron chi connectivity index (χ4n) is 3.59. The number of hydrogen-bond donors (Lipinski definition) is 4. The van der Waals surface area contributed by atoms with Crippen LogP contribution in [0.2, 0.25) is 0 Å². The molecule has 2 aliphatic heterocycles. The minimum Gasteiger partial charge on any atom is -0.477 e. The van der Waals surface area contributed by atoms with Gasteiger partial charge in [0.05, 0.1) is 6.42 Å². The summed E-state index contributed by atoms with van der Waals surface area (Å²) in [6.07, 6.45) is 0.0113. The number of β-lactam (4-membered cyclic amide) rings is 1. The van der Waals surface area contributed by atoms with Crippen molar-refractivity contribution in [2.45, 2.75) is 29.5 Å². The van der Waals surface area contributed by atoms with Crippen LogP contribution in [0.15, 0.2) is 40.7 Å². The highest BCUT2D eigenvalue weighted by molar-refractivity contribution is 8.01. The number of aliphatic carboxylic acids is 1. The largest absolute Gasteiger partial charge is 0.477 e. The standard InChI is InChI=1S/C19H20N8O5S2/c20-11-4-2-1-3-9(11)5-13(29)22-14-16(30)27-15(18(31)32)10(7-33-17(14)27)8-34-19-23-24-25-26(19)6-12(21)28/h1-4,14,17H,5-8,20H2,(H2,21,28)(H,22,29)(H,31,32)/t14?,17-/m1/s1. The Kier molecular flexibility index (Phi) is 6.74. The number of carbonyl (C=O) groups is 4. The number of amides is 3. The van der Waals surface area contributed by atoms with Crippen molar-refractivity contribution in [2.75, 3.05) is 17.2 Å². The van der Waals surface area contributed by atoms with E-state index in [0.717, 1.165) is 11.8 Å². The van der Waals surface area contributed by atoms with Gasteiger partial charge in [-0.15, -0.1) is 16.9 Å². The maximum atomic E-state index is 12.8. The third-order valence-electron chi connectivity index (χ3n) is 5.15. The Morgan fingerprint density at radius 1 is 1.29 bits per heavy atom. The number of hydrogen-bond acceptors (Lipinski definition) is 10. The summed E-state index contributed by atoms with van der Waals surface area (Å²) in [6.45, 7) is -0.211. The number of fused-ring (bicyclic) bond motifs is 1. The molecule has 4 rings (SSSR count). The van der Waals surface area contributed by atoms with Crippen LogP contribution in [0.1, 0.15) is 5.56 Å². The molecule has 2 aromatic rings. The molecule has 0 bridgehead atoms. The summed E-state index contributed by atoms with van der Waals surface area (Å²) in [5.41, 5.74) is 12.6. The fraction of sp³-hybridized carbons (Fsp3) is 0.316. The molecule has 1 saturated heterocycles. The van der Waals surface area contributed by atoms with E-state index < -0.39 is 29.2 Å². The zero-order valence-electron chi connectivity index (χ0n) is 17.6. The highest BCUT2D eigenvalue weighted by Gasteiger charge is 2.54. The number of anilines is 1. The second kappa shape index (κ2) is 9.72. The summed E-state index contributed by atoms with van der Waals surface area (Å²) in [7, 11) is 0. The number of carboxylic acids is 1. The third kappa shape index (κ3) is 4.70. The molecule has 1 unspecified atom stereocenters. The van der Waals surface area contributed by atoms with Crippen LogP contribution in [0.3, 0.4) is 0 Å². The zero-order chi connectivity index (χ0) is 24.4. The molecule has 6 N–H and O–H groups in total. The molecule has 15 heteroatoms. The van der Waals surface area contributed by atoms with E-state index in [4.69, 9.17) is 11.5 Å². The number of aromatic nitrogens is 4. The predicted octanol–water partition coefficient (Wildman–Crippen LogP) is -1.19. The number of nitrogens with two attached hydrogens (primary N) is 2. The van der Waals surface area contributed by atoms with Gasteiger partial charge in [-0.3, -0.25) is 19.3 Å². The molecule has 3 amide bonds. The first-order valence-electron chi connectivity index (χ1n) is 9.96. The second-order valence-corrected chi connectivity index (χ2v) is 9.51. The van der Waals surface area contributed by atoms with Gasteiger partial charge in [-0.05, 0) is 27.6 Å². The van der Waals surface area contributed by atoms with Crippen molar-refractivity contribution < 1.29 is 24.3 Å². The van der Waals surface area contributed by atoms with Gasteiger partial charge in [-0.25, -0.2) is 9.48 Å². The van der Waals surface area contributed by atoms with Crippen molar-refractivity contribution in [3.63, 3.8) is 0 Å². The molecule has 1 fully saturated rings. The normalized spacial score (nSPS) is 19.4. The summed E-state index contributed by atoms with van der Waals surface area (Å²) in [5, 5.41) is 23.3. The molecule has 178 valence electrons. The van der Waals surface area contributed by atoms with Gasteiger partial charge < -0.3 is 21.9 Å². The topological polar surface area (TPSA) is 199 Å². The van der Waals surface area contributed by atoms with Gasteiger partial charge in [0, 0.05) is 17.2 Å². The third-order valence-corrected chi connectivity index (χ3v) is 7.54. The van der Waals surface area contributed by atoms with Gasteiger partial charge >= 0.3 is 5.97 Å². The van der Waals surface area contributed by atoms with Crippen LogP contribution in [0, 0.1) is 0 Å². The lowest BCUT2D eigenvalue weighted by Crippen LogP contribution is -2.70. The van der Waals surface area contributed by atoms with Gasteiger partial charge in [0.15, 0.2) is 0 Å². The lowest BCUT2D eigenvalue weighted by molar-refractivity contribution is -0.150. The van der Waals surface area contributed by atoms with Gasteiger partial charge in [0.2, 0.25) is 17.0 Å². The van der Waals surface area contributed by atoms with E-state index >= 15 is 0 Å². The molecule has 2 atom stereocenters. The molecule has 0 saturated carbocycles. The fourth-order valence-corrected chi connectivity index (χ4v) is 5.95. The van der Waals surface area contributed by atoms with Gasteiger partial charge in [-0.2, -0.15) is 0 Å². The van der Waals surface area contributed by atoms with E-state index in [1.807, 2.05) is 0 Å². The minimum atomic E-state index is -1.24. The van der Waals surface area contributed by atoms with E-state index in [1.54, 1.807) is 24.3 Å². The summed E-state index contributed by atoms with van der Waals surface area (Å²) in [5.74, 6) is -2.21.